The summed E-state index contributed by atoms with van der Waals surface area (Å²) in [6.07, 6.45) is -0.674. The summed E-state index contributed by atoms with van der Waals surface area (Å²) in [5.41, 5.74) is 0.774. The van der Waals surface area contributed by atoms with Crippen LogP contribution in [0.25, 0.3) is 0 Å². The third-order valence-corrected chi connectivity index (χ3v) is 2.58. The van der Waals surface area contributed by atoms with Gasteiger partial charge in [-0.3, -0.25) is 4.79 Å². The van der Waals surface area contributed by atoms with Crippen molar-refractivity contribution in [1.82, 2.24) is 4.90 Å². The van der Waals surface area contributed by atoms with Gasteiger partial charge in [0.05, 0.1) is 19.1 Å². The standard InChI is InChI=1S/C13H17NO4/c1-3-18-13(17)14(2)11(9-12(15)16)10-7-5-4-6-8-10/h4-8,11H,3,9H2,1-2H3,(H,15,16). The van der Waals surface area contributed by atoms with E-state index in [2.05, 4.69) is 0 Å². The van der Waals surface area contributed by atoms with E-state index < -0.39 is 18.1 Å². The second kappa shape index (κ2) is 6.64. The van der Waals surface area contributed by atoms with Gasteiger partial charge in [0.15, 0.2) is 0 Å². The molecule has 1 amide bonds. The summed E-state index contributed by atoms with van der Waals surface area (Å²) in [5.74, 6) is -0.958. The number of nitrogens with zero attached hydrogens (tertiary/aromatic N) is 1. The lowest BCUT2D eigenvalue weighted by Gasteiger charge is -2.26. The van der Waals surface area contributed by atoms with Crippen molar-refractivity contribution in [1.29, 1.82) is 0 Å². The zero-order chi connectivity index (χ0) is 13.5. The lowest BCUT2D eigenvalue weighted by Crippen LogP contribution is -2.33. The van der Waals surface area contributed by atoms with Crippen LogP contribution in [-0.2, 0) is 9.53 Å². The number of amides is 1. The Labute approximate surface area is 106 Å². The van der Waals surface area contributed by atoms with Crippen LogP contribution in [0.4, 0.5) is 4.79 Å². The Kier molecular flexibility index (Phi) is 5.17. The average molecular weight is 251 g/mol. The van der Waals surface area contributed by atoms with E-state index in [0.717, 1.165) is 5.56 Å². The zero-order valence-electron chi connectivity index (χ0n) is 10.5. The van der Waals surface area contributed by atoms with Gasteiger partial charge in [-0.25, -0.2) is 4.79 Å². The summed E-state index contributed by atoms with van der Waals surface area (Å²) in [7, 11) is 1.54. The van der Waals surface area contributed by atoms with Gasteiger partial charge in [-0.2, -0.15) is 0 Å². The molecule has 1 atom stereocenters. The molecule has 98 valence electrons. The van der Waals surface area contributed by atoms with Gasteiger partial charge in [-0.1, -0.05) is 30.3 Å². The normalized spacial score (nSPS) is 11.7. The summed E-state index contributed by atoms with van der Waals surface area (Å²) >= 11 is 0. The minimum absolute atomic E-state index is 0.153. The maximum Gasteiger partial charge on any atom is 0.410 e. The smallest absolute Gasteiger partial charge is 0.410 e. The molecule has 1 aromatic carbocycles. The molecule has 0 saturated heterocycles. The summed E-state index contributed by atoms with van der Waals surface area (Å²) in [6, 6.07) is 8.52. The highest BCUT2D eigenvalue weighted by Crippen LogP contribution is 2.23. The molecule has 1 aromatic rings. The maximum atomic E-state index is 11.7. The highest BCUT2D eigenvalue weighted by Gasteiger charge is 2.24. The van der Waals surface area contributed by atoms with E-state index in [1.807, 2.05) is 18.2 Å². The molecule has 0 radical (unpaired) electrons. The predicted octanol–water partition coefficient (Wildman–Crippen LogP) is 2.29. The molecule has 0 bridgehead atoms. The first-order valence-electron chi connectivity index (χ1n) is 5.72. The van der Waals surface area contributed by atoms with Gasteiger partial charge in [-0.05, 0) is 12.5 Å². The minimum atomic E-state index is -0.958. The van der Waals surface area contributed by atoms with Crippen LogP contribution in [0.3, 0.4) is 0 Å². The van der Waals surface area contributed by atoms with Crippen LogP contribution >= 0.6 is 0 Å². The Morgan fingerprint density at radius 2 is 1.94 bits per heavy atom. The van der Waals surface area contributed by atoms with Gasteiger partial charge in [0.2, 0.25) is 0 Å². The quantitative estimate of drug-likeness (QED) is 0.871. The van der Waals surface area contributed by atoms with E-state index in [0.29, 0.717) is 0 Å². The minimum Gasteiger partial charge on any atom is -0.481 e. The van der Waals surface area contributed by atoms with E-state index >= 15 is 0 Å². The zero-order valence-corrected chi connectivity index (χ0v) is 10.5. The summed E-state index contributed by atoms with van der Waals surface area (Å²) < 4.78 is 4.88. The van der Waals surface area contributed by atoms with Crippen molar-refractivity contribution in [3.05, 3.63) is 35.9 Å². The SMILES string of the molecule is CCOC(=O)N(C)C(CC(=O)O)c1ccccc1. The molecule has 0 spiro atoms. The fraction of sp³-hybridized carbons (Fsp3) is 0.385. The van der Waals surface area contributed by atoms with Gasteiger partial charge in [0.25, 0.3) is 0 Å². The van der Waals surface area contributed by atoms with E-state index in [9.17, 15) is 9.59 Å². The predicted molar refractivity (Wildman–Crippen MR) is 66.2 cm³/mol. The van der Waals surface area contributed by atoms with Crippen LogP contribution in [0.5, 0.6) is 0 Å². The molecule has 0 aliphatic carbocycles. The van der Waals surface area contributed by atoms with Gasteiger partial charge >= 0.3 is 12.1 Å². The third kappa shape index (κ3) is 3.76. The molecule has 0 fully saturated rings. The number of carbonyl (C=O) groups is 2. The summed E-state index contributed by atoms with van der Waals surface area (Å²) in [4.78, 5) is 23.9. The molecule has 0 aromatic heterocycles. The number of rotatable bonds is 5. The lowest BCUT2D eigenvalue weighted by atomic mass is 10.0. The molecule has 0 aliphatic heterocycles. The molecule has 0 heterocycles. The monoisotopic (exact) mass is 251 g/mol. The highest BCUT2D eigenvalue weighted by molar-refractivity contribution is 5.71. The van der Waals surface area contributed by atoms with Crippen LogP contribution in [0.1, 0.15) is 24.9 Å². The second-order valence-corrected chi connectivity index (χ2v) is 3.83. The lowest BCUT2D eigenvalue weighted by molar-refractivity contribution is -0.138. The van der Waals surface area contributed by atoms with E-state index in [1.165, 1.54) is 4.90 Å². The fourth-order valence-electron chi connectivity index (χ4n) is 1.67. The van der Waals surface area contributed by atoms with Crippen molar-refractivity contribution in [3.63, 3.8) is 0 Å². The van der Waals surface area contributed by atoms with Gasteiger partial charge < -0.3 is 14.7 Å². The molecule has 1 N–H and O–H groups in total. The number of carboxylic acids is 1. The molecule has 5 heteroatoms. The summed E-state index contributed by atoms with van der Waals surface area (Å²) in [6.45, 7) is 1.97. The van der Waals surface area contributed by atoms with Crippen LogP contribution in [0.2, 0.25) is 0 Å². The maximum absolute atomic E-state index is 11.7. The third-order valence-electron chi connectivity index (χ3n) is 2.58. The molecule has 0 saturated carbocycles. The van der Waals surface area contributed by atoms with Crippen molar-refractivity contribution in [2.75, 3.05) is 13.7 Å². The molecular formula is C13H17NO4. The van der Waals surface area contributed by atoms with Crippen LogP contribution in [0, 0.1) is 0 Å². The first-order valence-corrected chi connectivity index (χ1v) is 5.72. The van der Waals surface area contributed by atoms with E-state index in [1.54, 1.807) is 26.1 Å². The van der Waals surface area contributed by atoms with Crippen molar-refractivity contribution in [2.45, 2.75) is 19.4 Å². The Hall–Kier alpha value is -2.04. The van der Waals surface area contributed by atoms with Gasteiger partial charge in [-0.15, -0.1) is 0 Å². The van der Waals surface area contributed by atoms with Gasteiger partial charge in [0.1, 0.15) is 0 Å². The molecular weight excluding hydrogens is 234 g/mol. The van der Waals surface area contributed by atoms with Gasteiger partial charge in [0, 0.05) is 7.05 Å². The Morgan fingerprint density at radius 3 is 2.44 bits per heavy atom. The number of carbonyl (C=O) groups excluding carboxylic acids is 1. The molecule has 18 heavy (non-hydrogen) atoms. The van der Waals surface area contributed by atoms with E-state index in [-0.39, 0.29) is 13.0 Å². The average Bonchev–Trinajstić information content (AvgIpc) is 2.36. The fourth-order valence-corrected chi connectivity index (χ4v) is 1.67. The first-order chi connectivity index (χ1) is 8.56. The number of hydrogen-bond donors (Lipinski definition) is 1. The number of aliphatic carboxylic acids is 1. The van der Waals surface area contributed by atoms with Crippen molar-refractivity contribution in [3.8, 4) is 0 Å². The molecule has 1 rings (SSSR count). The topological polar surface area (TPSA) is 66.8 Å². The van der Waals surface area contributed by atoms with Crippen molar-refractivity contribution in [2.24, 2.45) is 0 Å². The largest absolute Gasteiger partial charge is 0.481 e. The van der Waals surface area contributed by atoms with Crippen LogP contribution in [0.15, 0.2) is 30.3 Å². The van der Waals surface area contributed by atoms with Crippen molar-refractivity contribution < 1.29 is 19.4 Å². The Balaban J connectivity index is 2.91. The highest BCUT2D eigenvalue weighted by atomic mass is 16.6. The first kappa shape index (κ1) is 14.0. The number of hydrogen-bond acceptors (Lipinski definition) is 3. The van der Waals surface area contributed by atoms with Crippen molar-refractivity contribution >= 4 is 12.1 Å². The summed E-state index contributed by atoms with van der Waals surface area (Å²) in [5, 5.41) is 8.93. The molecule has 0 aliphatic rings. The number of benzene rings is 1. The second-order valence-electron chi connectivity index (χ2n) is 3.83. The van der Waals surface area contributed by atoms with Crippen LogP contribution < -0.4 is 0 Å². The molecule has 5 nitrogen and oxygen atoms in total. The molecule has 1 unspecified atom stereocenters. The number of ether oxygens (including phenoxy) is 1. The Morgan fingerprint density at radius 1 is 1.33 bits per heavy atom. The Bertz CT molecular complexity index is 405. The van der Waals surface area contributed by atoms with E-state index in [4.69, 9.17) is 9.84 Å². The number of carboxylic acid groups (broad SMARTS) is 1. The van der Waals surface area contributed by atoms with Crippen LogP contribution in [-0.4, -0.2) is 35.7 Å².